The molecule has 1 aromatic carbocycles. The van der Waals surface area contributed by atoms with Crippen LogP contribution in [0.15, 0.2) is 23.8 Å². The van der Waals surface area contributed by atoms with Crippen LogP contribution in [0.4, 0.5) is 0 Å². The first-order chi connectivity index (χ1) is 19.5. The lowest BCUT2D eigenvalue weighted by Gasteiger charge is -2.70. The van der Waals surface area contributed by atoms with E-state index in [4.69, 9.17) is 18.9 Å². The topological polar surface area (TPSA) is 63.7 Å². The summed E-state index contributed by atoms with van der Waals surface area (Å²) >= 11 is 0. The third-order valence-corrected chi connectivity index (χ3v) is 11.8. The van der Waals surface area contributed by atoms with Crippen molar-refractivity contribution < 1.29 is 23.7 Å². The lowest BCUT2D eigenvalue weighted by Crippen LogP contribution is -2.78. The molecule has 9 rings (SSSR count). The van der Waals surface area contributed by atoms with Crippen molar-refractivity contribution in [1.29, 1.82) is 0 Å². The SMILES string of the molecule is COc1ccc2c3c1O[C@@H]1[C@]34CCN(CC3CC3)[C@H](C2)[C@@]42C=C(C(=O)N(C)CCN3CCOCC3)[C@]1(OC)CC2. The highest BCUT2D eigenvalue weighted by Gasteiger charge is 2.79. The van der Waals surface area contributed by atoms with E-state index in [9.17, 15) is 4.79 Å². The minimum Gasteiger partial charge on any atom is -0.493 e. The molecule has 0 radical (unpaired) electrons. The van der Waals surface area contributed by atoms with Gasteiger partial charge in [0.2, 0.25) is 0 Å². The van der Waals surface area contributed by atoms with Crippen molar-refractivity contribution in [3.8, 4) is 11.5 Å². The van der Waals surface area contributed by atoms with Crippen LogP contribution in [0.5, 0.6) is 11.5 Å². The van der Waals surface area contributed by atoms with Crippen molar-refractivity contribution in [3.63, 3.8) is 0 Å². The van der Waals surface area contributed by atoms with Gasteiger partial charge >= 0.3 is 0 Å². The molecule has 1 aromatic rings. The normalized spacial score (nSPS) is 37.5. The van der Waals surface area contributed by atoms with Crippen LogP contribution in [0.2, 0.25) is 0 Å². The van der Waals surface area contributed by atoms with Gasteiger partial charge in [-0.3, -0.25) is 14.6 Å². The zero-order chi connectivity index (χ0) is 27.3. The lowest BCUT2D eigenvalue weighted by molar-refractivity contribution is -0.198. The predicted molar refractivity (Wildman–Crippen MR) is 150 cm³/mol. The quantitative estimate of drug-likeness (QED) is 0.494. The van der Waals surface area contributed by atoms with Gasteiger partial charge in [-0.2, -0.15) is 0 Å². The maximum absolute atomic E-state index is 14.4. The minimum atomic E-state index is -0.770. The van der Waals surface area contributed by atoms with Gasteiger partial charge in [0, 0.05) is 69.5 Å². The number of piperidine rings is 1. The fraction of sp³-hybridized carbons (Fsp3) is 0.719. The lowest BCUT2D eigenvalue weighted by atomic mass is 9.37. The second-order valence-electron chi connectivity index (χ2n) is 13.4. The summed E-state index contributed by atoms with van der Waals surface area (Å²) in [6.07, 6.45) is 8.77. The maximum atomic E-state index is 14.4. The number of rotatable bonds is 8. The second kappa shape index (κ2) is 8.93. The zero-order valence-electron chi connectivity index (χ0n) is 24.2. The van der Waals surface area contributed by atoms with Gasteiger partial charge in [-0.1, -0.05) is 12.1 Å². The third kappa shape index (κ3) is 3.19. The van der Waals surface area contributed by atoms with Crippen LogP contribution in [0, 0.1) is 11.3 Å². The Morgan fingerprint density at radius 3 is 2.70 bits per heavy atom. The van der Waals surface area contributed by atoms with Crippen LogP contribution in [0.3, 0.4) is 0 Å². The highest BCUT2D eigenvalue weighted by molar-refractivity contribution is 5.97. The molecule has 5 atom stereocenters. The van der Waals surface area contributed by atoms with E-state index in [0.717, 1.165) is 88.1 Å². The number of hydrogen-bond acceptors (Lipinski definition) is 7. The van der Waals surface area contributed by atoms with Crippen LogP contribution in [0.25, 0.3) is 0 Å². The highest BCUT2D eigenvalue weighted by Crippen LogP contribution is 2.75. The smallest absolute Gasteiger partial charge is 0.252 e. The Morgan fingerprint density at radius 2 is 1.95 bits per heavy atom. The molecule has 4 fully saturated rings. The summed E-state index contributed by atoms with van der Waals surface area (Å²) in [5.74, 6) is 2.62. The molecule has 2 saturated heterocycles. The molecule has 0 N–H and O–H groups in total. The molecule has 8 nitrogen and oxygen atoms in total. The number of likely N-dealkylation sites (N-methyl/N-ethyl adjacent to an activating group) is 1. The number of methoxy groups -OCH3 is 2. The summed E-state index contributed by atoms with van der Waals surface area (Å²) < 4.78 is 25.0. The van der Waals surface area contributed by atoms with E-state index >= 15 is 0 Å². The van der Waals surface area contributed by atoms with Crippen molar-refractivity contribution in [3.05, 3.63) is 34.9 Å². The molecule has 2 saturated carbocycles. The first-order valence-electron chi connectivity index (χ1n) is 15.4. The van der Waals surface area contributed by atoms with Gasteiger partial charge in [0.25, 0.3) is 5.91 Å². The number of hydrogen-bond donors (Lipinski definition) is 0. The molecular weight excluding hydrogens is 506 g/mol. The van der Waals surface area contributed by atoms with E-state index in [2.05, 4.69) is 28.0 Å². The number of carbonyl (C=O) groups is 1. The largest absolute Gasteiger partial charge is 0.493 e. The molecule has 3 heterocycles. The van der Waals surface area contributed by atoms with Gasteiger partial charge in [0.05, 0.1) is 25.7 Å². The number of morpholine rings is 1. The molecule has 5 aliphatic carbocycles. The van der Waals surface area contributed by atoms with Gasteiger partial charge < -0.3 is 23.8 Å². The van der Waals surface area contributed by atoms with Crippen molar-refractivity contribution in [2.24, 2.45) is 11.3 Å². The van der Waals surface area contributed by atoms with Crippen LogP contribution in [0.1, 0.15) is 43.2 Å². The number of likely N-dealkylation sites (tertiary alicyclic amines) is 1. The molecule has 4 bridgehead atoms. The predicted octanol–water partition coefficient (Wildman–Crippen LogP) is 2.63. The van der Waals surface area contributed by atoms with Gasteiger partial charge in [-0.05, 0) is 62.6 Å². The summed E-state index contributed by atoms with van der Waals surface area (Å²) in [6.45, 7) is 7.19. The van der Waals surface area contributed by atoms with Crippen molar-refractivity contribution in [2.75, 3.05) is 73.7 Å². The highest BCUT2D eigenvalue weighted by atomic mass is 16.6. The van der Waals surface area contributed by atoms with Gasteiger partial charge in [0.15, 0.2) is 11.5 Å². The van der Waals surface area contributed by atoms with Crippen molar-refractivity contribution in [1.82, 2.24) is 14.7 Å². The number of ether oxygens (including phenoxy) is 4. The number of nitrogens with zero attached hydrogens (tertiary/aromatic N) is 3. The van der Waals surface area contributed by atoms with Crippen LogP contribution in [-0.2, 0) is 26.1 Å². The molecule has 0 unspecified atom stereocenters. The number of carbonyl (C=O) groups excluding carboxylic acids is 1. The van der Waals surface area contributed by atoms with Gasteiger partial charge in [-0.25, -0.2) is 0 Å². The molecule has 0 aromatic heterocycles. The molecule has 3 aliphatic heterocycles. The zero-order valence-corrected chi connectivity index (χ0v) is 24.2. The summed E-state index contributed by atoms with van der Waals surface area (Å²) in [5, 5.41) is 0. The molecule has 2 spiro atoms. The number of amides is 1. The van der Waals surface area contributed by atoms with Crippen molar-refractivity contribution >= 4 is 5.91 Å². The first-order valence-corrected chi connectivity index (χ1v) is 15.4. The fourth-order valence-corrected chi connectivity index (χ4v) is 9.67. The third-order valence-electron chi connectivity index (χ3n) is 11.8. The van der Waals surface area contributed by atoms with E-state index in [1.165, 1.54) is 30.5 Å². The standard InChI is InChI=1S/C32H43N3O5/c1-33(12-13-34-14-16-39-17-15-34)28(36)23-19-30-8-9-32(23,38-3)29-31(30)10-11-35(20-21-4-5-21)25(30)18-22-6-7-24(37-2)27(40-29)26(22)31/h6-7,19,21,25,29H,4-5,8-18,20H2,1-3H3/t25-,29-,30-,31+,32-/m1/s1. The Hall–Kier alpha value is -2.13. The average Bonchev–Trinajstić information content (AvgIpc) is 3.74. The molecule has 8 aliphatic rings. The van der Waals surface area contributed by atoms with Crippen molar-refractivity contribution in [2.45, 2.75) is 61.7 Å². The van der Waals surface area contributed by atoms with Crippen LogP contribution in [-0.4, -0.2) is 112 Å². The maximum Gasteiger partial charge on any atom is 0.252 e. The first kappa shape index (κ1) is 25.6. The van der Waals surface area contributed by atoms with E-state index in [-0.39, 0.29) is 22.8 Å². The molecular formula is C32H43N3O5. The summed E-state index contributed by atoms with van der Waals surface area (Å²) in [4.78, 5) is 21.5. The molecule has 1 amide bonds. The molecule has 8 heteroatoms. The van der Waals surface area contributed by atoms with Gasteiger partial charge in [0.1, 0.15) is 11.7 Å². The minimum absolute atomic E-state index is 0.0909. The van der Waals surface area contributed by atoms with Crippen LogP contribution < -0.4 is 9.47 Å². The van der Waals surface area contributed by atoms with E-state index in [1.807, 2.05) is 11.9 Å². The Morgan fingerprint density at radius 1 is 1.12 bits per heavy atom. The van der Waals surface area contributed by atoms with Crippen LogP contribution >= 0.6 is 0 Å². The fourth-order valence-electron chi connectivity index (χ4n) is 9.67. The molecule has 40 heavy (non-hydrogen) atoms. The Labute approximate surface area is 237 Å². The second-order valence-corrected chi connectivity index (χ2v) is 13.4. The number of fused-ring (bicyclic) bond motifs is 1. The Kier molecular flexibility index (Phi) is 5.71. The summed E-state index contributed by atoms with van der Waals surface area (Å²) in [6, 6.07) is 4.74. The summed E-state index contributed by atoms with van der Waals surface area (Å²) in [7, 11) is 5.48. The summed E-state index contributed by atoms with van der Waals surface area (Å²) in [5.41, 5.74) is 2.46. The average molecular weight is 550 g/mol. The van der Waals surface area contributed by atoms with E-state index in [0.29, 0.717) is 12.6 Å². The van der Waals surface area contributed by atoms with E-state index in [1.54, 1.807) is 14.2 Å². The Bertz CT molecular complexity index is 1260. The number of benzene rings is 1. The monoisotopic (exact) mass is 549 g/mol. The van der Waals surface area contributed by atoms with E-state index < -0.39 is 5.60 Å². The Balaban J connectivity index is 1.23. The molecule has 216 valence electrons. The van der Waals surface area contributed by atoms with Gasteiger partial charge in [-0.15, -0.1) is 0 Å².